The van der Waals surface area contributed by atoms with Crippen LogP contribution in [0.4, 0.5) is 0 Å². The van der Waals surface area contributed by atoms with Crippen molar-refractivity contribution >= 4 is 5.97 Å². The largest absolute Gasteiger partial charge is 0.457 e. The van der Waals surface area contributed by atoms with Crippen LogP contribution < -0.4 is 0 Å². The van der Waals surface area contributed by atoms with Crippen molar-refractivity contribution < 1.29 is 19.4 Å². The van der Waals surface area contributed by atoms with Gasteiger partial charge in [-0.1, -0.05) is 6.08 Å². The molecule has 0 amide bonds. The first-order chi connectivity index (χ1) is 5.70. The number of carbonyl (C=O) groups excluding carboxylic acids is 1. The fraction of sp³-hybridized carbons (Fsp3) is 0.625. The Bertz CT molecular complexity index is 144. The van der Waals surface area contributed by atoms with Crippen LogP contribution in [0.1, 0.15) is 6.92 Å². The van der Waals surface area contributed by atoms with Crippen LogP contribution in [0, 0.1) is 0 Å². The molecule has 0 rings (SSSR count). The van der Waals surface area contributed by atoms with Crippen LogP contribution in [0.25, 0.3) is 0 Å². The molecule has 0 saturated heterocycles. The van der Waals surface area contributed by atoms with E-state index in [1.807, 2.05) is 0 Å². The van der Waals surface area contributed by atoms with Gasteiger partial charge < -0.3 is 9.47 Å². The Morgan fingerprint density at radius 3 is 2.75 bits per heavy atom. The lowest BCUT2D eigenvalue weighted by Gasteiger charge is -2.12. The van der Waals surface area contributed by atoms with Crippen molar-refractivity contribution in [1.82, 2.24) is 0 Å². The third-order valence-corrected chi connectivity index (χ3v) is 1.06. The van der Waals surface area contributed by atoms with E-state index in [-0.39, 0.29) is 6.61 Å². The van der Waals surface area contributed by atoms with Gasteiger partial charge in [-0.25, -0.2) is 5.11 Å². The monoisotopic (exact) mass is 173 g/mol. The maximum atomic E-state index is 10.4. The summed E-state index contributed by atoms with van der Waals surface area (Å²) < 4.78 is 9.58. The number of hydrogen-bond acceptors (Lipinski definition) is 3. The van der Waals surface area contributed by atoms with Gasteiger partial charge in [0.25, 0.3) is 0 Å². The molecule has 0 N–H and O–H groups in total. The van der Waals surface area contributed by atoms with Crippen molar-refractivity contribution in [3.8, 4) is 0 Å². The van der Waals surface area contributed by atoms with E-state index in [1.54, 1.807) is 6.08 Å². The van der Waals surface area contributed by atoms with Crippen LogP contribution in [0.15, 0.2) is 12.7 Å². The predicted molar refractivity (Wildman–Crippen MR) is 42.1 cm³/mol. The zero-order chi connectivity index (χ0) is 9.40. The second-order valence-electron chi connectivity index (χ2n) is 2.22. The third-order valence-electron chi connectivity index (χ3n) is 1.06. The Hall–Kier alpha value is -0.870. The van der Waals surface area contributed by atoms with Crippen LogP contribution >= 0.6 is 0 Å². The van der Waals surface area contributed by atoms with Crippen molar-refractivity contribution in [1.29, 1.82) is 0 Å². The highest BCUT2D eigenvalue weighted by atomic mass is 16.6. The fourth-order valence-corrected chi connectivity index (χ4v) is 0.634. The number of ether oxygens (including phenoxy) is 2. The predicted octanol–water partition coefficient (Wildman–Crippen LogP) is 0.551. The molecule has 69 valence electrons. The molecule has 0 saturated carbocycles. The van der Waals surface area contributed by atoms with Crippen molar-refractivity contribution in [2.24, 2.45) is 0 Å². The van der Waals surface area contributed by atoms with Crippen molar-refractivity contribution in [2.75, 3.05) is 19.8 Å². The lowest BCUT2D eigenvalue weighted by atomic mass is 10.4. The summed E-state index contributed by atoms with van der Waals surface area (Å²) in [6, 6.07) is 0. The SMILES string of the molecule is C=CCOCC(C[O])OC(C)=O. The zero-order valence-corrected chi connectivity index (χ0v) is 7.12. The molecule has 4 heteroatoms. The van der Waals surface area contributed by atoms with Crippen LogP contribution in [0.3, 0.4) is 0 Å². The Morgan fingerprint density at radius 2 is 2.33 bits per heavy atom. The highest BCUT2D eigenvalue weighted by Crippen LogP contribution is 1.93. The third kappa shape index (κ3) is 5.88. The van der Waals surface area contributed by atoms with Gasteiger partial charge >= 0.3 is 5.97 Å². The molecule has 0 spiro atoms. The van der Waals surface area contributed by atoms with Gasteiger partial charge in [0.15, 0.2) is 6.10 Å². The van der Waals surface area contributed by atoms with E-state index in [2.05, 4.69) is 11.3 Å². The van der Waals surface area contributed by atoms with E-state index in [0.717, 1.165) is 0 Å². The molecule has 0 aliphatic carbocycles. The summed E-state index contributed by atoms with van der Waals surface area (Å²) in [6.45, 7) is 4.71. The van der Waals surface area contributed by atoms with E-state index in [0.29, 0.717) is 6.61 Å². The molecule has 0 bridgehead atoms. The molecule has 0 fully saturated rings. The second kappa shape index (κ2) is 6.82. The summed E-state index contributed by atoms with van der Waals surface area (Å²) in [7, 11) is 0. The summed E-state index contributed by atoms with van der Waals surface area (Å²) >= 11 is 0. The van der Waals surface area contributed by atoms with Crippen molar-refractivity contribution in [3.05, 3.63) is 12.7 Å². The molecular weight excluding hydrogens is 160 g/mol. The summed E-state index contributed by atoms with van der Waals surface area (Å²) in [5.74, 6) is -0.460. The topological polar surface area (TPSA) is 55.4 Å². The molecule has 0 heterocycles. The smallest absolute Gasteiger partial charge is 0.303 e. The first-order valence-corrected chi connectivity index (χ1v) is 3.64. The molecule has 1 atom stereocenters. The minimum Gasteiger partial charge on any atom is -0.457 e. The normalized spacial score (nSPS) is 12.2. The number of esters is 1. The maximum absolute atomic E-state index is 10.4. The van der Waals surface area contributed by atoms with Crippen LogP contribution in [-0.4, -0.2) is 31.9 Å². The van der Waals surface area contributed by atoms with Crippen molar-refractivity contribution in [3.63, 3.8) is 0 Å². The highest BCUT2D eigenvalue weighted by molar-refractivity contribution is 5.66. The summed E-state index contributed by atoms with van der Waals surface area (Å²) in [6.07, 6.45) is 0.887. The van der Waals surface area contributed by atoms with Gasteiger partial charge in [0, 0.05) is 6.92 Å². The van der Waals surface area contributed by atoms with E-state index in [9.17, 15) is 9.90 Å². The van der Waals surface area contributed by atoms with Gasteiger partial charge in [-0.3, -0.25) is 4.79 Å². The minimum atomic E-state index is -0.678. The Labute approximate surface area is 71.8 Å². The molecule has 1 radical (unpaired) electrons. The van der Waals surface area contributed by atoms with Gasteiger partial charge in [-0.2, -0.15) is 0 Å². The standard InChI is InChI=1S/C8H13O4/c1-3-4-11-6-8(5-9)12-7(2)10/h3,8H,1,4-6H2,2H3. The Kier molecular flexibility index (Phi) is 6.32. The lowest BCUT2D eigenvalue weighted by Crippen LogP contribution is -2.25. The van der Waals surface area contributed by atoms with Crippen LogP contribution in [0.5, 0.6) is 0 Å². The number of hydrogen-bond donors (Lipinski definition) is 0. The van der Waals surface area contributed by atoms with Gasteiger partial charge in [0.2, 0.25) is 0 Å². The molecule has 0 aromatic carbocycles. The van der Waals surface area contributed by atoms with E-state index in [4.69, 9.17) is 4.74 Å². The summed E-state index contributed by atoms with van der Waals surface area (Å²) in [5.41, 5.74) is 0. The van der Waals surface area contributed by atoms with E-state index in [1.165, 1.54) is 6.92 Å². The number of rotatable bonds is 6. The first-order valence-electron chi connectivity index (χ1n) is 3.64. The average Bonchev–Trinajstić information content (AvgIpc) is 2.02. The first kappa shape index (κ1) is 11.1. The quantitative estimate of drug-likeness (QED) is 0.335. The second-order valence-corrected chi connectivity index (χ2v) is 2.22. The molecule has 1 unspecified atom stereocenters. The molecule has 0 aromatic rings. The van der Waals surface area contributed by atoms with Gasteiger partial charge in [0.05, 0.1) is 13.2 Å². The highest BCUT2D eigenvalue weighted by Gasteiger charge is 2.10. The zero-order valence-electron chi connectivity index (χ0n) is 7.12. The molecule has 4 nitrogen and oxygen atoms in total. The van der Waals surface area contributed by atoms with Crippen molar-refractivity contribution in [2.45, 2.75) is 13.0 Å². The lowest BCUT2D eigenvalue weighted by molar-refractivity contribution is -0.153. The van der Waals surface area contributed by atoms with Crippen LogP contribution in [0.2, 0.25) is 0 Å². The van der Waals surface area contributed by atoms with Crippen LogP contribution in [-0.2, 0) is 19.4 Å². The van der Waals surface area contributed by atoms with Gasteiger partial charge in [-0.15, -0.1) is 6.58 Å². The maximum Gasteiger partial charge on any atom is 0.303 e. The molecule has 0 aliphatic heterocycles. The molecule has 12 heavy (non-hydrogen) atoms. The Morgan fingerprint density at radius 1 is 1.67 bits per heavy atom. The van der Waals surface area contributed by atoms with Gasteiger partial charge in [0.1, 0.15) is 6.61 Å². The molecule has 0 aromatic heterocycles. The Balaban J connectivity index is 3.52. The van der Waals surface area contributed by atoms with E-state index < -0.39 is 18.7 Å². The summed E-state index contributed by atoms with van der Waals surface area (Å²) in [5, 5.41) is 10.4. The fourth-order valence-electron chi connectivity index (χ4n) is 0.634. The minimum absolute atomic E-state index is 0.134. The number of carbonyl (C=O) groups is 1. The average molecular weight is 173 g/mol. The molecular formula is C8H13O4. The summed E-state index contributed by atoms with van der Waals surface area (Å²) in [4.78, 5) is 10.4. The van der Waals surface area contributed by atoms with Gasteiger partial charge in [-0.05, 0) is 0 Å². The van der Waals surface area contributed by atoms with E-state index >= 15 is 0 Å². The molecule has 0 aliphatic rings.